The molecule has 0 bridgehead atoms. The van der Waals surface area contributed by atoms with Crippen molar-refractivity contribution in [1.82, 2.24) is 10.2 Å². The molecule has 1 aliphatic carbocycles. The molecule has 1 aliphatic heterocycles. The molecule has 19 heavy (non-hydrogen) atoms. The second-order valence-corrected chi connectivity index (χ2v) is 7.31. The Bertz CT molecular complexity index is 254. The van der Waals surface area contributed by atoms with Gasteiger partial charge in [0.2, 0.25) is 0 Å². The van der Waals surface area contributed by atoms with Crippen molar-refractivity contribution in [2.75, 3.05) is 33.2 Å². The maximum Gasteiger partial charge on any atom is 0 e. The van der Waals surface area contributed by atoms with Crippen LogP contribution in [-0.2, 0) is 0 Å². The first-order valence-electron chi connectivity index (χ1n) is 8.54. The van der Waals surface area contributed by atoms with E-state index in [1.165, 1.54) is 71.1 Å². The third-order valence-corrected chi connectivity index (χ3v) is 5.80. The van der Waals surface area contributed by atoms with Crippen LogP contribution in [0.1, 0.15) is 60.2 Å². The summed E-state index contributed by atoms with van der Waals surface area (Å²) in [4.78, 5) is 2.72. The fourth-order valence-electron chi connectivity index (χ4n) is 3.98. The Morgan fingerprint density at radius 2 is 2.00 bits per heavy atom. The van der Waals surface area contributed by atoms with E-state index in [1.807, 2.05) is 0 Å². The van der Waals surface area contributed by atoms with Crippen LogP contribution in [0.15, 0.2) is 0 Å². The quantitative estimate of drug-likeness (QED) is 0.756. The number of nitrogens with zero attached hydrogens (tertiary/aromatic N) is 1. The lowest BCUT2D eigenvalue weighted by Gasteiger charge is -2.52. The molecule has 1 saturated carbocycles. The monoisotopic (exact) mass is 268 g/mol. The van der Waals surface area contributed by atoms with Crippen molar-refractivity contribution in [3.63, 3.8) is 0 Å². The number of hydrogen-bond donors (Lipinski definition) is 1. The van der Waals surface area contributed by atoms with E-state index in [2.05, 4.69) is 31.1 Å². The molecule has 0 aromatic carbocycles. The molecule has 0 amide bonds. The number of rotatable bonds is 7. The Labute approximate surface area is 121 Å². The van der Waals surface area contributed by atoms with Crippen molar-refractivity contribution in [3.8, 4) is 0 Å². The predicted molar refractivity (Wildman–Crippen MR) is 85.6 cm³/mol. The van der Waals surface area contributed by atoms with E-state index in [0.717, 1.165) is 17.3 Å². The lowest BCUT2D eigenvalue weighted by molar-refractivity contribution is -0.0165. The minimum atomic E-state index is 0. The van der Waals surface area contributed by atoms with Crippen molar-refractivity contribution in [2.24, 2.45) is 17.3 Å². The van der Waals surface area contributed by atoms with Gasteiger partial charge in [0, 0.05) is 1.43 Å². The summed E-state index contributed by atoms with van der Waals surface area (Å²) in [6.07, 6.45) is 10.1. The smallest absolute Gasteiger partial charge is 0 e. The molecule has 2 fully saturated rings. The normalized spacial score (nSPS) is 25.4. The van der Waals surface area contributed by atoms with Gasteiger partial charge in [0.1, 0.15) is 0 Å². The van der Waals surface area contributed by atoms with E-state index < -0.39 is 0 Å². The molecule has 1 saturated heterocycles. The second kappa shape index (κ2) is 7.08. The van der Waals surface area contributed by atoms with E-state index in [9.17, 15) is 0 Å². The summed E-state index contributed by atoms with van der Waals surface area (Å²) < 4.78 is 0. The molecular formula is C17H36N2. The van der Waals surface area contributed by atoms with Gasteiger partial charge in [-0.15, -0.1) is 0 Å². The van der Waals surface area contributed by atoms with Crippen LogP contribution in [0.5, 0.6) is 0 Å². The molecule has 1 N–H and O–H groups in total. The standard InChI is InChI=1S/C17H34N2.H2/c1-4-15(2)6-10-19-11-7-17(8-12-19)13-16(14-17)5-9-18-3;/h15-16,18H,4-14H2,1-3H3;1H. The van der Waals surface area contributed by atoms with E-state index in [0.29, 0.717) is 0 Å². The van der Waals surface area contributed by atoms with Gasteiger partial charge in [0.05, 0.1) is 0 Å². The van der Waals surface area contributed by atoms with Crippen LogP contribution in [-0.4, -0.2) is 38.1 Å². The molecule has 1 unspecified atom stereocenters. The molecule has 2 aliphatic rings. The molecule has 1 atom stereocenters. The zero-order valence-electron chi connectivity index (χ0n) is 13.4. The van der Waals surface area contributed by atoms with E-state index in [-0.39, 0.29) is 1.43 Å². The van der Waals surface area contributed by atoms with E-state index in [4.69, 9.17) is 0 Å². The minimum absolute atomic E-state index is 0. The van der Waals surface area contributed by atoms with E-state index >= 15 is 0 Å². The highest BCUT2D eigenvalue weighted by atomic mass is 15.1. The van der Waals surface area contributed by atoms with Crippen LogP contribution < -0.4 is 5.32 Å². The molecule has 2 heteroatoms. The Hall–Kier alpha value is -0.0800. The predicted octanol–water partition coefficient (Wildman–Crippen LogP) is 3.77. The number of hydrogen-bond acceptors (Lipinski definition) is 2. The lowest BCUT2D eigenvalue weighted by Crippen LogP contribution is -2.47. The van der Waals surface area contributed by atoms with Gasteiger partial charge in [-0.05, 0) is 89.0 Å². The van der Waals surface area contributed by atoms with Crippen molar-refractivity contribution in [2.45, 2.75) is 58.8 Å². The maximum atomic E-state index is 3.29. The van der Waals surface area contributed by atoms with Crippen LogP contribution in [0.25, 0.3) is 0 Å². The first-order valence-corrected chi connectivity index (χ1v) is 8.54. The van der Waals surface area contributed by atoms with Crippen molar-refractivity contribution >= 4 is 0 Å². The number of nitrogens with one attached hydrogen (secondary N) is 1. The molecule has 1 heterocycles. The Morgan fingerprint density at radius 3 is 2.58 bits per heavy atom. The Morgan fingerprint density at radius 1 is 1.32 bits per heavy atom. The average Bonchev–Trinajstić information content (AvgIpc) is 2.41. The van der Waals surface area contributed by atoms with Gasteiger partial charge in [-0.3, -0.25) is 0 Å². The third kappa shape index (κ3) is 4.19. The van der Waals surface area contributed by atoms with Crippen LogP contribution in [0, 0.1) is 17.3 Å². The molecular weight excluding hydrogens is 232 g/mol. The molecule has 2 nitrogen and oxygen atoms in total. The summed E-state index contributed by atoms with van der Waals surface area (Å²) in [5, 5.41) is 3.29. The van der Waals surface area contributed by atoms with E-state index in [1.54, 1.807) is 0 Å². The molecule has 2 rings (SSSR count). The molecule has 1 spiro atoms. The Balaban J connectivity index is 0.00000200. The Kier molecular flexibility index (Phi) is 5.70. The molecule has 0 radical (unpaired) electrons. The van der Waals surface area contributed by atoms with Crippen LogP contribution >= 0.6 is 0 Å². The fourth-order valence-corrected chi connectivity index (χ4v) is 3.98. The van der Waals surface area contributed by atoms with Crippen molar-refractivity contribution in [3.05, 3.63) is 0 Å². The van der Waals surface area contributed by atoms with Crippen molar-refractivity contribution in [1.29, 1.82) is 0 Å². The van der Waals surface area contributed by atoms with Gasteiger partial charge in [-0.2, -0.15) is 0 Å². The summed E-state index contributed by atoms with van der Waals surface area (Å²) in [5.41, 5.74) is 0.769. The third-order valence-electron chi connectivity index (χ3n) is 5.80. The SMILES string of the molecule is CCC(C)CCN1CCC2(CC1)CC(CCNC)C2.[HH]. The van der Waals surface area contributed by atoms with Gasteiger partial charge in [-0.25, -0.2) is 0 Å². The van der Waals surface area contributed by atoms with Crippen LogP contribution in [0.2, 0.25) is 0 Å². The second-order valence-electron chi connectivity index (χ2n) is 7.31. The van der Waals surface area contributed by atoms with Gasteiger partial charge in [-0.1, -0.05) is 20.3 Å². The number of piperidine rings is 1. The zero-order valence-corrected chi connectivity index (χ0v) is 13.4. The molecule has 0 aromatic heterocycles. The summed E-state index contributed by atoms with van der Waals surface area (Å²) in [6, 6.07) is 0. The minimum Gasteiger partial charge on any atom is -0.320 e. The molecule has 114 valence electrons. The highest BCUT2D eigenvalue weighted by molar-refractivity contribution is 4.96. The van der Waals surface area contributed by atoms with Gasteiger partial charge < -0.3 is 10.2 Å². The van der Waals surface area contributed by atoms with Crippen LogP contribution in [0.4, 0.5) is 0 Å². The average molecular weight is 268 g/mol. The van der Waals surface area contributed by atoms with Crippen molar-refractivity contribution < 1.29 is 1.43 Å². The largest absolute Gasteiger partial charge is 0.320 e. The number of likely N-dealkylation sites (tertiary alicyclic amines) is 1. The summed E-state index contributed by atoms with van der Waals surface area (Å²) >= 11 is 0. The maximum absolute atomic E-state index is 3.29. The lowest BCUT2D eigenvalue weighted by atomic mass is 9.57. The highest BCUT2D eigenvalue weighted by Gasteiger charge is 2.44. The summed E-state index contributed by atoms with van der Waals surface area (Å²) in [5.74, 6) is 1.93. The van der Waals surface area contributed by atoms with Gasteiger partial charge >= 0.3 is 0 Å². The topological polar surface area (TPSA) is 15.3 Å². The van der Waals surface area contributed by atoms with Gasteiger partial charge in [0.15, 0.2) is 0 Å². The highest BCUT2D eigenvalue weighted by Crippen LogP contribution is 2.53. The fraction of sp³-hybridized carbons (Fsp3) is 1.00. The summed E-state index contributed by atoms with van der Waals surface area (Å²) in [6.45, 7) is 10.00. The van der Waals surface area contributed by atoms with Crippen LogP contribution in [0.3, 0.4) is 0 Å². The first kappa shape index (κ1) is 15.3. The zero-order chi connectivity index (χ0) is 13.7. The van der Waals surface area contributed by atoms with Gasteiger partial charge in [0.25, 0.3) is 0 Å². The summed E-state index contributed by atoms with van der Waals surface area (Å²) in [7, 11) is 2.07. The first-order chi connectivity index (χ1) is 9.17. The molecule has 0 aromatic rings.